The highest BCUT2D eigenvalue weighted by atomic mass is 32.1. The molecule has 3 aromatic heterocycles. The summed E-state index contributed by atoms with van der Waals surface area (Å²) in [7, 11) is 0. The van der Waals surface area contributed by atoms with Crippen molar-refractivity contribution in [3.05, 3.63) is 182 Å². The van der Waals surface area contributed by atoms with Gasteiger partial charge in [-0.2, -0.15) is 0 Å². The minimum atomic E-state index is 1.16. The van der Waals surface area contributed by atoms with Crippen molar-refractivity contribution in [1.29, 1.82) is 0 Å². The maximum atomic E-state index is 2.43. The van der Waals surface area contributed by atoms with Gasteiger partial charge in [0.1, 0.15) is 0 Å². The highest BCUT2D eigenvalue weighted by molar-refractivity contribution is 7.26. The Balaban J connectivity index is 1.00. The number of thiophene rings is 1. The maximum Gasteiger partial charge on any atom is 0.0548 e. The van der Waals surface area contributed by atoms with Crippen LogP contribution < -0.4 is 0 Å². The first-order valence-electron chi connectivity index (χ1n) is 17.4. The lowest BCUT2D eigenvalue weighted by Crippen LogP contribution is -1.95. The number of nitrogens with zero attached hydrogens (tertiary/aromatic N) is 2. The van der Waals surface area contributed by atoms with Gasteiger partial charge in [0.05, 0.1) is 22.1 Å². The van der Waals surface area contributed by atoms with Gasteiger partial charge in [-0.1, -0.05) is 121 Å². The first-order valence-corrected chi connectivity index (χ1v) is 18.3. The molecular weight excluding hydrogens is 637 g/mol. The van der Waals surface area contributed by atoms with Crippen molar-refractivity contribution in [1.82, 2.24) is 9.13 Å². The average molecular weight is 667 g/mol. The van der Waals surface area contributed by atoms with Gasteiger partial charge in [0, 0.05) is 53.1 Å². The Hall–Kier alpha value is -6.42. The standard InChI is InChI=1S/C48H30N2S/c1-2-10-31(11-3-1)34-22-27-38-37-12-4-7-15-41(37)50(44(38)30-34)36-25-20-33(21-26-36)32-18-23-35(24-19-32)49-42-16-8-5-13-39(42)47-43(49)28-29-46-48(47)40-14-6-9-17-45(40)51-46/h1-30H. The summed E-state index contributed by atoms with van der Waals surface area (Å²) in [6.07, 6.45) is 0. The van der Waals surface area contributed by atoms with Crippen molar-refractivity contribution in [3.63, 3.8) is 0 Å². The average Bonchev–Trinajstić information content (AvgIpc) is 3.86. The van der Waals surface area contributed by atoms with Crippen LogP contribution >= 0.6 is 11.3 Å². The first-order chi connectivity index (χ1) is 25.3. The molecule has 3 heterocycles. The Bertz CT molecular complexity index is 3100. The molecule has 238 valence electrons. The van der Waals surface area contributed by atoms with Crippen LogP contribution in [0, 0.1) is 0 Å². The van der Waals surface area contributed by atoms with Crippen LogP contribution in [0.4, 0.5) is 0 Å². The lowest BCUT2D eigenvalue weighted by atomic mass is 10.0. The molecule has 0 spiro atoms. The van der Waals surface area contributed by atoms with Crippen molar-refractivity contribution < 1.29 is 0 Å². The third-order valence-corrected chi connectivity index (χ3v) is 11.7. The summed E-state index contributed by atoms with van der Waals surface area (Å²) in [5, 5.41) is 7.86. The molecule has 0 aliphatic heterocycles. The summed E-state index contributed by atoms with van der Waals surface area (Å²) in [5.41, 5.74) is 12.1. The van der Waals surface area contributed by atoms with Crippen LogP contribution in [0.15, 0.2) is 182 Å². The minimum Gasteiger partial charge on any atom is -0.309 e. The molecular formula is C48H30N2S. The topological polar surface area (TPSA) is 9.86 Å². The van der Waals surface area contributed by atoms with E-state index in [0.717, 1.165) is 5.69 Å². The van der Waals surface area contributed by atoms with Gasteiger partial charge in [-0.25, -0.2) is 0 Å². The molecule has 0 aliphatic rings. The highest BCUT2D eigenvalue weighted by Gasteiger charge is 2.18. The Morgan fingerprint density at radius 3 is 1.55 bits per heavy atom. The van der Waals surface area contributed by atoms with E-state index in [9.17, 15) is 0 Å². The summed E-state index contributed by atoms with van der Waals surface area (Å²) in [4.78, 5) is 0. The van der Waals surface area contributed by atoms with E-state index in [1.54, 1.807) is 0 Å². The minimum absolute atomic E-state index is 1.16. The lowest BCUT2D eigenvalue weighted by Gasteiger charge is -2.12. The maximum absolute atomic E-state index is 2.43. The third kappa shape index (κ3) is 4.29. The molecule has 2 nitrogen and oxygen atoms in total. The van der Waals surface area contributed by atoms with Crippen LogP contribution in [0.1, 0.15) is 0 Å². The number of hydrogen-bond donors (Lipinski definition) is 0. The predicted molar refractivity (Wildman–Crippen MR) is 219 cm³/mol. The summed E-state index contributed by atoms with van der Waals surface area (Å²) < 4.78 is 7.50. The fraction of sp³-hybridized carbons (Fsp3) is 0. The molecule has 0 atom stereocenters. The SMILES string of the molecule is c1ccc(-c2ccc3c4ccccc4n(-c4ccc(-c5ccc(-n6c7ccccc7c7c8c(ccc76)sc6ccccc68)cc5)cc4)c3c2)cc1. The van der Waals surface area contributed by atoms with Crippen LogP contribution in [-0.4, -0.2) is 9.13 Å². The number of rotatable bonds is 4. The smallest absolute Gasteiger partial charge is 0.0548 e. The Morgan fingerprint density at radius 2 is 0.824 bits per heavy atom. The van der Waals surface area contributed by atoms with E-state index in [1.165, 1.54) is 91.7 Å². The van der Waals surface area contributed by atoms with Crippen molar-refractivity contribution in [2.24, 2.45) is 0 Å². The fourth-order valence-electron chi connectivity index (χ4n) is 8.22. The molecule has 0 saturated heterocycles. The van der Waals surface area contributed by atoms with E-state index >= 15 is 0 Å². The molecule has 11 rings (SSSR count). The van der Waals surface area contributed by atoms with Gasteiger partial charge in [-0.3, -0.25) is 0 Å². The Morgan fingerprint density at radius 1 is 0.294 bits per heavy atom. The molecule has 0 N–H and O–H groups in total. The zero-order valence-electron chi connectivity index (χ0n) is 27.6. The molecule has 0 amide bonds. The van der Waals surface area contributed by atoms with Crippen molar-refractivity contribution in [2.75, 3.05) is 0 Å². The largest absolute Gasteiger partial charge is 0.309 e. The van der Waals surface area contributed by atoms with E-state index in [1.807, 2.05) is 11.3 Å². The van der Waals surface area contributed by atoms with Crippen LogP contribution in [0.2, 0.25) is 0 Å². The predicted octanol–water partition coefficient (Wildman–Crippen LogP) is 13.6. The van der Waals surface area contributed by atoms with Gasteiger partial charge < -0.3 is 9.13 Å². The zero-order chi connectivity index (χ0) is 33.5. The van der Waals surface area contributed by atoms with Gasteiger partial charge in [-0.15, -0.1) is 11.3 Å². The Kier molecular flexibility index (Phi) is 6.16. The summed E-state index contributed by atoms with van der Waals surface area (Å²) in [6, 6.07) is 66.5. The second-order valence-electron chi connectivity index (χ2n) is 13.3. The molecule has 3 heteroatoms. The van der Waals surface area contributed by atoms with E-state index in [0.29, 0.717) is 0 Å². The van der Waals surface area contributed by atoms with Crippen LogP contribution in [0.5, 0.6) is 0 Å². The molecule has 0 bridgehead atoms. The van der Waals surface area contributed by atoms with Gasteiger partial charge in [0.15, 0.2) is 0 Å². The third-order valence-electron chi connectivity index (χ3n) is 10.5. The van der Waals surface area contributed by atoms with Gasteiger partial charge in [-0.05, 0) is 82.9 Å². The Labute approximate surface area is 298 Å². The van der Waals surface area contributed by atoms with E-state index in [2.05, 4.69) is 191 Å². The van der Waals surface area contributed by atoms with Crippen LogP contribution in [-0.2, 0) is 0 Å². The molecule has 8 aromatic carbocycles. The summed E-state index contributed by atoms with van der Waals surface area (Å²) in [5.74, 6) is 0. The normalized spacial score (nSPS) is 11.9. The van der Waals surface area contributed by atoms with Gasteiger partial charge in [0.2, 0.25) is 0 Å². The second kappa shape index (κ2) is 11.0. The van der Waals surface area contributed by atoms with Gasteiger partial charge >= 0.3 is 0 Å². The van der Waals surface area contributed by atoms with Crippen molar-refractivity contribution in [2.45, 2.75) is 0 Å². The summed E-state index contributed by atoms with van der Waals surface area (Å²) >= 11 is 1.88. The van der Waals surface area contributed by atoms with Crippen LogP contribution in [0.25, 0.3) is 97.4 Å². The molecule has 0 aliphatic carbocycles. The number of hydrogen-bond acceptors (Lipinski definition) is 1. The summed E-state index contributed by atoms with van der Waals surface area (Å²) in [6.45, 7) is 0. The van der Waals surface area contributed by atoms with E-state index < -0.39 is 0 Å². The zero-order valence-corrected chi connectivity index (χ0v) is 28.4. The fourth-order valence-corrected chi connectivity index (χ4v) is 9.33. The molecule has 51 heavy (non-hydrogen) atoms. The highest BCUT2D eigenvalue weighted by Crippen LogP contribution is 2.43. The molecule has 0 unspecified atom stereocenters. The quantitative estimate of drug-likeness (QED) is 0.177. The van der Waals surface area contributed by atoms with E-state index in [4.69, 9.17) is 0 Å². The van der Waals surface area contributed by atoms with Crippen LogP contribution in [0.3, 0.4) is 0 Å². The number of fused-ring (bicyclic) bond motifs is 10. The van der Waals surface area contributed by atoms with E-state index in [-0.39, 0.29) is 0 Å². The van der Waals surface area contributed by atoms with Gasteiger partial charge in [0.25, 0.3) is 0 Å². The molecule has 11 aromatic rings. The molecule has 0 saturated carbocycles. The lowest BCUT2D eigenvalue weighted by molar-refractivity contribution is 1.18. The molecule has 0 fully saturated rings. The van der Waals surface area contributed by atoms with Crippen molar-refractivity contribution >= 4 is 75.1 Å². The second-order valence-corrected chi connectivity index (χ2v) is 14.4. The molecule has 0 radical (unpaired) electrons. The first kappa shape index (κ1) is 28.4. The number of para-hydroxylation sites is 2. The monoisotopic (exact) mass is 666 g/mol. The number of benzene rings is 8. The number of aromatic nitrogens is 2. The van der Waals surface area contributed by atoms with Crippen molar-refractivity contribution in [3.8, 4) is 33.6 Å².